The number of esters is 2. The summed E-state index contributed by atoms with van der Waals surface area (Å²) < 4.78 is 10.5. The SMILES string of the molecule is CC(=O)OC1Cc2ccccc2CC1OC(C)=O. The van der Waals surface area contributed by atoms with Crippen LogP contribution in [0.25, 0.3) is 0 Å². The zero-order valence-electron chi connectivity index (χ0n) is 10.5. The largest absolute Gasteiger partial charge is 0.458 e. The molecule has 0 aromatic heterocycles. The van der Waals surface area contributed by atoms with E-state index in [1.807, 2.05) is 24.3 Å². The maximum Gasteiger partial charge on any atom is 0.303 e. The van der Waals surface area contributed by atoms with Crippen molar-refractivity contribution in [2.75, 3.05) is 0 Å². The molecule has 0 heterocycles. The van der Waals surface area contributed by atoms with Crippen LogP contribution in [0.3, 0.4) is 0 Å². The fraction of sp³-hybridized carbons (Fsp3) is 0.429. The fourth-order valence-electron chi connectivity index (χ4n) is 2.31. The molecule has 2 atom stereocenters. The molecule has 0 saturated heterocycles. The lowest BCUT2D eigenvalue weighted by Gasteiger charge is -2.31. The van der Waals surface area contributed by atoms with E-state index in [0.29, 0.717) is 12.8 Å². The second kappa shape index (κ2) is 5.21. The second-order valence-corrected chi connectivity index (χ2v) is 4.47. The topological polar surface area (TPSA) is 52.6 Å². The lowest BCUT2D eigenvalue weighted by Crippen LogP contribution is -2.41. The average Bonchev–Trinajstić information content (AvgIpc) is 2.28. The third kappa shape index (κ3) is 2.88. The molecule has 2 unspecified atom stereocenters. The molecule has 0 radical (unpaired) electrons. The number of hydrogen-bond acceptors (Lipinski definition) is 4. The quantitative estimate of drug-likeness (QED) is 0.747. The standard InChI is InChI=1S/C14H16O4/c1-9(15)17-13-7-11-5-3-4-6-12(11)8-14(13)18-10(2)16/h3-6,13-14H,7-8H2,1-2H3. The molecule has 4 nitrogen and oxygen atoms in total. The second-order valence-electron chi connectivity index (χ2n) is 4.47. The maximum atomic E-state index is 11.1. The number of carbonyl (C=O) groups excluding carboxylic acids is 2. The molecule has 18 heavy (non-hydrogen) atoms. The molecule has 1 aromatic rings. The Bertz CT molecular complexity index is 424. The van der Waals surface area contributed by atoms with Gasteiger partial charge >= 0.3 is 11.9 Å². The van der Waals surface area contributed by atoms with Crippen LogP contribution in [0.2, 0.25) is 0 Å². The van der Waals surface area contributed by atoms with Crippen LogP contribution in [0, 0.1) is 0 Å². The highest BCUT2D eigenvalue weighted by molar-refractivity contribution is 5.67. The van der Waals surface area contributed by atoms with Crippen molar-refractivity contribution in [3.8, 4) is 0 Å². The van der Waals surface area contributed by atoms with Gasteiger partial charge in [-0.1, -0.05) is 24.3 Å². The number of benzene rings is 1. The Kier molecular flexibility index (Phi) is 3.65. The zero-order chi connectivity index (χ0) is 13.1. The molecule has 1 aliphatic rings. The maximum absolute atomic E-state index is 11.1. The van der Waals surface area contributed by atoms with Crippen molar-refractivity contribution in [1.82, 2.24) is 0 Å². The molecule has 0 aliphatic heterocycles. The number of carbonyl (C=O) groups is 2. The highest BCUT2D eigenvalue weighted by Crippen LogP contribution is 2.25. The lowest BCUT2D eigenvalue weighted by atomic mass is 9.87. The molecular formula is C14H16O4. The van der Waals surface area contributed by atoms with E-state index < -0.39 is 0 Å². The molecule has 0 bridgehead atoms. The van der Waals surface area contributed by atoms with E-state index in [1.165, 1.54) is 13.8 Å². The van der Waals surface area contributed by atoms with Gasteiger partial charge in [-0.15, -0.1) is 0 Å². The summed E-state index contributed by atoms with van der Waals surface area (Å²) in [6, 6.07) is 7.93. The molecule has 1 aliphatic carbocycles. The molecular weight excluding hydrogens is 232 g/mol. The molecule has 0 saturated carbocycles. The van der Waals surface area contributed by atoms with E-state index in [4.69, 9.17) is 9.47 Å². The number of rotatable bonds is 2. The minimum atomic E-state index is -0.388. The van der Waals surface area contributed by atoms with Gasteiger partial charge in [-0.2, -0.15) is 0 Å². The summed E-state index contributed by atoms with van der Waals surface area (Å²) in [6.07, 6.45) is 0.407. The first-order valence-electron chi connectivity index (χ1n) is 5.97. The number of hydrogen-bond donors (Lipinski definition) is 0. The first-order valence-corrected chi connectivity index (χ1v) is 5.97. The minimum Gasteiger partial charge on any atom is -0.458 e. The Morgan fingerprint density at radius 2 is 1.33 bits per heavy atom. The molecule has 4 heteroatoms. The van der Waals surface area contributed by atoms with Gasteiger partial charge in [0.1, 0.15) is 12.2 Å². The Balaban J connectivity index is 2.21. The van der Waals surface area contributed by atoms with Gasteiger partial charge in [0.15, 0.2) is 0 Å². The highest BCUT2D eigenvalue weighted by Gasteiger charge is 2.32. The Hall–Kier alpha value is -1.84. The molecule has 96 valence electrons. The van der Waals surface area contributed by atoms with Crippen LogP contribution in [-0.4, -0.2) is 24.1 Å². The van der Waals surface area contributed by atoms with Crippen molar-refractivity contribution >= 4 is 11.9 Å². The van der Waals surface area contributed by atoms with Crippen LogP contribution in [0.1, 0.15) is 25.0 Å². The van der Waals surface area contributed by atoms with Gasteiger partial charge in [-0.25, -0.2) is 0 Å². The van der Waals surface area contributed by atoms with E-state index >= 15 is 0 Å². The predicted octanol–water partition coefficient (Wildman–Crippen LogP) is 1.65. The first kappa shape index (κ1) is 12.6. The van der Waals surface area contributed by atoms with Crippen LogP contribution in [0.15, 0.2) is 24.3 Å². The van der Waals surface area contributed by atoms with Crippen molar-refractivity contribution in [3.05, 3.63) is 35.4 Å². The average molecular weight is 248 g/mol. The van der Waals surface area contributed by atoms with Crippen molar-refractivity contribution < 1.29 is 19.1 Å². The number of fused-ring (bicyclic) bond motifs is 1. The third-order valence-corrected chi connectivity index (χ3v) is 3.01. The van der Waals surface area contributed by atoms with Gasteiger partial charge in [-0.05, 0) is 11.1 Å². The number of ether oxygens (including phenoxy) is 2. The van der Waals surface area contributed by atoms with Crippen molar-refractivity contribution in [2.45, 2.75) is 38.9 Å². The summed E-state index contributed by atoms with van der Waals surface area (Å²) in [4.78, 5) is 22.2. The highest BCUT2D eigenvalue weighted by atomic mass is 16.6. The lowest BCUT2D eigenvalue weighted by molar-refractivity contribution is -0.165. The van der Waals surface area contributed by atoms with E-state index in [1.54, 1.807) is 0 Å². The smallest absolute Gasteiger partial charge is 0.303 e. The van der Waals surface area contributed by atoms with Crippen LogP contribution in [0.4, 0.5) is 0 Å². The fourth-order valence-corrected chi connectivity index (χ4v) is 2.31. The van der Waals surface area contributed by atoms with E-state index in [9.17, 15) is 9.59 Å². The monoisotopic (exact) mass is 248 g/mol. The van der Waals surface area contributed by atoms with Gasteiger partial charge in [-0.3, -0.25) is 9.59 Å². The van der Waals surface area contributed by atoms with Crippen molar-refractivity contribution in [3.63, 3.8) is 0 Å². The van der Waals surface area contributed by atoms with Gasteiger partial charge in [0.2, 0.25) is 0 Å². The molecule has 2 rings (SSSR count). The predicted molar refractivity (Wildman–Crippen MR) is 65.0 cm³/mol. The summed E-state index contributed by atoms with van der Waals surface area (Å²) in [7, 11) is 0. The Morgan fingerprint density at radius 3 is 1.67 bits per heavy atom. The molecule has 0 amide bonds. The van der Waals surface area contributed by atoms with E-state index in [-0.39, 0.29) is 24.1 Å². The van der Waals surface area contributed by atoms with Gasteiger partial charge in [0.25, 0.3) is 0 Å². The van der Waals surface area contributed by atoms with Gasteiger partial charge < -0.3 is 9.47 Å². The van der Waals surface area contributed by atoms with Crippen LogP contribution in [0.5, 0.6) is 0 Å². The molecule has 0 N–H and O–H groups in total. The Labute approximate surface area is 106 Å². The molecule has 1 aromatic carbocycles. The molecule has 0 spiro atoms. The van der Waals surface area contributed by atoms with Crippen molar-refractivity contribution in [2.24, 2.45) is 0 Å². The minimum absolute atomic E-state index is 0.350. The van der Waals surface area contributed by atoms with E-state index in [0.717, 1.165) is 11.1 Å². The normalized spacial score (nSPS) is 21.9. The Morgan fingerprint density at radius 1 is 0.944 bits per heavy atom. The summed E-state index contributed by atoms with van der Waals surface area (Å²) in [6.45, 7) is 2.73. The summed E-state index contributed by atoms with van der Waals surface area (Å²) in [5, 5.41) is 0. The zero-order valence-corrected chi connectivity index (χ0v) is 10.5. The first-order chi connectivity index (χ1) is 8.56. The van der Waals surface area contributed by atoms with E-state index in [2.05, 4.69) is 0 Å². The molecule has 0 fully saturated rings. The van der Waals surface area contributed by atoms with Crippen LogP contribution in [-0.2, 0) is 31.9 Å². The van der Waals surface area contributed by atoms with Crippen molar-refractivity contribution in [1.29, 1.82) is 0 Å². The van der Waals surface area contributed by atoms with Gasteiger partial charge in [0, 0.05) is 26.7 Å². The summed E-state index contributed by atoms with van der Waals surface area (Å²) >= 11 is 0. The summed E-state index contributed by atoms with van der Waals surface area (Å²) in [5.74, 6) is -0.701. The van der Waals surface area contributed by atoms with Gasteiger partial charge in [0.05, 0.1) is 0 Å². The van der Waals surface area contributed by atoms with Crippen LogP contribution < -0.4 is 0 Å². The third-order valence-electron chi connectivity index (χ3n) is 3.01. The summed E-state index contributed by atoms with van der Waals surface area (Å²) in [5.41, 5.74) is 2.29. The van der Waals surface area contributed by atoms with Crippen LogP contribution >= 0.6 is 0 Å².